The maximum atomic E-state index is 12.2. The number of hydrogen-bond donors (Lipinski definition) is 2. The van der Waals surface area contributed by atoms with Gasteiger partial charge in [-0.2, -0.15) is 0 Å². The zero-order chi connectivity index (χ0) is 20.6. The molecule has 0 spiro atoms. The molecule has 29 heavy (non-hydrogen) atoms. The lowest BCUT2D eigenvalue weighted by molar-refractivity contribution is -0.117. The molecule has 0 radical (unpaired) electrons. The second-order valence-corrected chi connectivity index (χ2v) is 6.92. The fourth-order valence-electron chi connectivity index (χ4n) is 2.70. The highest BCUT2D eigenvalue weighted by Crippen LogP contribution is 2.30. The average Bonchev–Trinajstić information content (AvgIpc) is 3.58. The zero-order valence-electron chi connectivity index (χ0n) is 16.7. The topological polar surface area (TPSA) is 76.7 Å². The van der Waals surface area contributed by atoms with Gasteiger partial charge < -0.3 is 20.1 Å². The van der Waals surface area contributed by atoms with E-state index in [-0.39, 0.29) is 17.7 Å². The highest BCUT2D eigenvalue weighted by Gasteiger charge is 2.29. The third-order valence-electron chi connectivity index (χ3n) is 4.44. The van der Waals surface area contributed by atoms with Crippen molar-refractivity contribution in [3.8, 4) is 11.5 Å². The number of benzene rings is 2. The van der Waals surface area contributed by atoms with Crippen LogP contribution in [-0.2, 0) is 9.59 Å². The fourth-order valence-corrected chi connectivity index (χ4v) is 2.70. The van der Waals surface area contributed by atoms with Gasteiger partial charge >= 0.3 is 0 Å². The lowest BCUT2D eigenvalue weighted by Crippen LogP contribution is -2.13. The molecule has 152 valence electrons. The highest BCUT2D eigenvalue weighted by atomic mass is 16.5. The molecule has 0 unspecified atom stereocenters. The molecule has 0 heterocycles. The van der Waals surface area contributed by atoms with Crippen molar-refractivity contribution in [1.29, 1.82) is 0 Å². The zero-order valence-corrected chi connectivity index (χ0v) is 16.7. The van der Waals surface area contributed by atoms with E-state index < -0.39 is 0 Å². The van der Waals surface area contributed by atoms with Gasteiger partial charge in [0.15, 0.2) is 11.5 Å². The Morgan fingerprint density at radius 1 is 1.03 bits per heavy atom. The number of hydrogen-bond acceptors (Lipinski definition) is 4. The summed E-state index contributed by atoms with van der Waals surface area (Å²) in [5, 5.41) is 5.67. The van der Waals surface area contributed by atoms with Crippen LogP contribution in [-0.4, -0.2) is 25.5 Å². The van der Waals surface area contributed by atoms with Crippen molar-refractivity contribution in [2.45, 2.75) is 26.2 Å². The molecule has 2 aromatic rings. The summed E-state index contributed by atoms with van der Waals surface area (Å²) < 4.78 is 11.0. The number of rotatable bonds is 9. The molecule has 1 fully saturated rings. The molecule has 2 aromatic carbocycles. The first-order chi connectivity index (χ1) is 14.1. The smallest absolute Gasteiger partial charge is 0.248 e. The maximum Gasteiger partial charge on any atom is 0.248 e. The van der Waals surface area contributed by atoms with Crippen LogP contribution in [0.1, 0.15) is 31.7 Å². The van der Waals surface area contributed by atoms with Crippen molar-refractivity contribution in [1.82, 2.24) is 0 Å². The monoisotopic (exact) mass is 394 g/mol. The maximum absolute atomic E-state index is 12.2. The van der Waals surface area contributed by atoms with Gasteiger partial charge in [-0.05, 0) is 67.3 Å². The van der Waals surface area contributed by atoms with Crippen LogP contribution in [0.25, 0.3) is 6.08 Å². The van der Waals surface area contributed by atoms with Crippen molar-refractivity contribution in [3.05, 3.63) is 54.1 Å². The minimum absolute atomic E-state index is 0.0614. The summed E-state index contributed by atoms with van der Waals surface area (Å²) in [6.45, 7) is 2.66. The van der Waals surface area contributed by atoms with Gasteiger partial charge in [-0.25, -0.2) is 0 Å². The number of ether oxygens (including phenoxy) is 2. The third-order valence-corrected chi connectivity index (χ3v) is 4.44. The summed E-state index contributed by atoms with van der Waals surface area (Å²) >= 11 is 0. The van der Waals surface area contributed by atoms with Gasteiger partial charge in [0.25, 0.3) is 0 Å². The van der Waals surface area contributed by atoms with E-state index in [1.54, 1.807) is 37.5 Å². The standard InChI is InChI=1S/C23H26N2O4/c1-3-14-29-20-12-4-16(15-21(20)28-2)5-13-22(26)24-18-8-10-19(11-9-18)25-23(27)17-6-7-17/h4-5,8-13,15,17H,3,6-7,14H2,1-2H3,(H,24,26)(H,25,27)/b13-5+. The van der Waals surface area contributed by atoms with Crippen molar-refractivity contribution in [2.24, 2.45) is 5.92 Å². The SMILES string of the molecule is CCCOc1ccc(/C=C/C(=O)Nc2ccc(NC(=O)C3CC3)cc2)cc1OC. The van der Waals surface area contributed by atoms with Crippen LogP contribution in [0.15, 0.2) is 48.5 Å². The molecular formula is C23H26N2O4. The Morgan fingerprint density at radius 3 is 2.34 bits per heavy atom. The minimum Gasteiger partial charge on any atom is -0.493 e. The van der Waals surface area contributed by atoms with E-state index in [4.69, 9.17) is 9.47 Å². The molecular weight excluding hydrogens is 368 g/mol. The summed E-state index contributed by atoms with van der Waals surface area (Å²) in [6.07, 6.45) is 6.02. The first-order valence-electron chi connectivity index (χ1n) is 9.80. The van der Waals surface area contributed by atoms with Crippen LogP contribution in [0.5, 0.6) is 11.5 Å². The molecule has 6 nitrogen and oxygen atoms in total. The van der Waals surface area contributed by atoms with Crippen molar-refractivity contribution in [3.63, 3.8) is 0 Å². The largest absolute Gasteiger partial charge is 0.493 e. The first kappa shape index (κ1) is 20.5. The van der Waals surface area contributed by atoms with Gasteiger partial charge in [-0.1, -0.05) is 13.0 Å². The minimum atomic E-state index is -0.245. The van der Waals surface area contributed by atoms with Crippen LogP contribution >= 0.6 is 0 Å². The predicted octanol–water partition coefficient (Wildman–Crippen LogP) is 4.48. The number of nitrogens with one attached hydrogen (secondary N) is 2. The highest BCUT2D eigenvalue weighted by molar-refractivity contribution is 6.02. The number of carbonyl (C=O) groups excluding carboxylic acids is 2. The molecule has 1 saturated carbocycles. The van der Waals surface area contributed by atoms with Crippen LogP contribution < -0.4 is 20.1 Å². The molecule has 0 aliphatic heterocycles. The van der Waals surface area contributed by atoms with E-state index in [1.165, 1.54) is 6.08 Å². The molecule has 1 aliphatic carbocycles. The van der Waals surface area contributed by atoms with E-state index >= 15 is 0 Å². The normalized spacial score (nSPS) is 13.2. The number of methoxy groups -OCH3 is 1. The van der Waals surface area contributed by atoms with Crippen molar-refractivity contribution < 1.29 is 19.1 Å². The summed E-state index contributed by atoms with van der Waals surface area (Å²) in [5.41, 5.74) is 2.22. The summed E-state index contributed by atoms with van der Waals surface area (Å²) in [6, 6.07) is 12.6. The Morgan fingerprint density at radius 2 is 1.72 bits per heavy atom. The van der Waals surface area contributed by atoms with E-state index in [9.17, 15) is 9.59 Å². The molecule has 0 saturated heterocycles. The second kappa shape index (κ2) is 9.78. The molecule has 2 amide bonds. The number of carbonyl (C=O) groups is 2. The van der Waals surface area contributed by atoms with Crippen LogP contribution in [0.2, 0.25) is 0 Å². The summed E-state index contributed by atoms with van der Waals surface area (Å²) in [4.78, 5) is 24.0. The first-order valence-corrected chi connectivity index (χ1v) is 9.80. The summed E-state index contributed by atoms with van der Waals surface area (Å²) in [5.74, 6) is 1.29. The Labute approximate surface area is 170 Å². The third kappa shape index (κ3) is 6.10. The van der Waals surface area contributed by atoms with Gasteiger partial charge in [0.05, 0.1) is 13.7 Å². The molecule has 0 bridgehead atoms. The summed E-state index contributed by atoms with van der Waals surface area (Å²) in [7, 11) is 1.59. The molecule has 6 heteroatoms. The molecule has 2 N–H and O–H groups in total. The molecule has 1 aliphatic rings. The average molecular weight is 394 g/mol. The van der Waals surface area contributed by atoms with Gasteiger partial charge in [-0.3, -0.25) is 9.59 Å². The van der Waals surface area contributed by atoms with Gasteiger partial charge in [-0.15, -0.1) is 0 Å². The number of anilines is 2. The van der Waals surface area contributed by atoms with Crippen molar-refractivity contribution in [2.75, 3.05) is 24.4 Å². The van der Waals surface area contributed by atoms with Gasteiger partial charge in [0.2, 0.25) is 11.8 Å². The predicted molar refractivity (Wildman–Crippen MR) is 114 cm³/mol. The van der Waals surface area contributed by atoms with E-state index in [1.807, 2.05) is 25.1 Å². The quantitative estimate of drug-likeness (QED) is 0.615. The van der Waals surface area contributed by atoms with Crippen LogP contribution in [0, 0.1) is 5.92 Å². The molecule has 0 aromatic heterocycles. The van der Waals surface area contributed by atoms with E-state index in [0.29, 0.717) is 23.8 Å². The second-order valence-electron chi connectivity index (χ2n) is 6.92. The molecule has 3 rings (SSSR count). The van der Waals surface area contributed by atoms with Gasteiger partial charge in [0.1, 0.15) is 0 Å². The molecule has 0 atom stereocenters. The van der Waals surface area contributed by atoms with Crippen LogP contribution in [0.3, 0.4) is 0 Å². The lowest BCUT2D eigenvalue weighted by Gasteiger charge is -2.10. The fraction of sp³-hybridized carbons (Fsp3) is 0.304. The van der Waals surface area contributed by atoms with Crippen molar-refractivity contribution >= 4 is 29.3 Å². The van der Waals surface area contributed by atoms with E-state index in [2.05, 4.69) is 10.6 Å². The number of amides is 2. The van der Waals surface area contributed by atoms with E-state index in [0.717, 1.165) is 30.5 Å². The Kier molecular flexibility index (Phi) is 6.89. The Bertz CT molecular complexity index is 886. The lowest BCUT2D eigenvalue weighted by atomic mass is 10.2. The Balaban J connectivity index is 1.55. The van der Waals surface area contributed by atoms with Gasteiger partial charge in [0, 0.05) is 23.4 Å². The Hall–Kier alpha value is -3.28. The van der Waals surface area contributed by atoms with Crippen LogP contribution in [0.4, 0.5) is 11.4 Å².